The summed E-state index contributed by atoms with van der Waals surface area (Å²) in [6.07, 6.45) is 2.55. The van der Waals surface area contributed by atoms with E-state index in [1.165, 1.54) is 12.8 Å². The number of nitrogen functional groups attached to an aromatic ring is 1. The summed E-state index contributed by atoms with van der Waals surface area (Å²) < 4.78 is 11.6. The summed E-state index contributed by atoms with van der Waals surface area (Å²) in [6.45, 7) is 3.89. The van der Waals surface area contributed by atoms with E-state index in [0.29, 0.717) is 23.6 Å². The smallest absolute Gasteiger partial charge is 0.291 e. The number of para-hydroxylation sites is 2. The van der Waals surface area contributed by atoms with Crippen LogP contribution >= 0.6 is 0 Å². The maximum atomic E-state index is 12.4. The topological polar surface area (TPSA) is 80.7 Å². The lowest BCUT2D eigenvalue weighted by Crippen LogP contribution is -2.25. The van der Waals surface area contributed by atoms with Crippen LogP contribution in [0.4, 0.5) is 11.4 Å². The lowest BCUT2D eigenvalue weighted by atomic mass is 10.2. The third-order valence-electron chi connectivity index (χ3n) is 4.80. The molecule has 0 bridgehead atoms. The van der Waals surface area contributed by atoms with Gasteiger partial charge in [-0.25, -0.2) is 0 Å². The minimum atomic E-state index is -0.333. The highest BCUT2D eigenvalue weighted by Gasteiger charge is 2.15. The van der Waals surface area contributed by atoms with Gasteiger partial charge in [0.05, 0.1) is 11.4 Å². The van der Waals surface area contributed by atoms with Crippen molar-refractivity contribution in [3.63, 3.8) is 0 Å². The van der Waals surface area contributed by atoms with Crippen LogP contribution in [0.1, 0.15) is 23.4 Å². The Hall–Kier alpha value is -2.99. The van der Waals surface area contributed by atoms with Gasteiger partial charge in [0.2, 0.25) is 0 Å². The number of carbonyl (C=O) groups is 1. The number of hydrogen-bond donors (Lipinski definition) is 2. The molecule has 1 aliphatic heterocycles. The van der Waals surface area contributed by atoms with Crippen molar-refractivity contribution in [1.29, 1.82) is 0 Å². The molecular formula is C21H23N3O3. The molecule has 0 atom stereocenters. The van der Waals surface area contributed by atoms with Gasteiger partial charge in [-0.15, -0.1) is 0 Å². The molecule has 3 N–H and O–H groups in total. The number of rotatable bonds is 6. The quantitative estimate of drug-likeness (QED) is 0.651. The molecule has 27 heavy (non-hydrogen) atoms. The highest BCUT2D eigenvalue weighted by atomic mass is 16.5. The molecule has 6 nitrogen and oxygen atoms in total. The Morgan fingerprint density at radius 3 is 2.78 bits per heavy atom. The number of nitrogens with zero attached hydrogens (tertiary/aromatic N) is 1. The molecular weight excluding hydrogens is 342 g/mol. The number of fused-ring (bicyclic) bond motifs is 1. The van der Waals surface area contributed by atoms with Crippen LogP contribution in [0.3, 0.4) is 0 Å². The van der Waals surface area contributed by atoms with Crippen molar-refractivity contribution < 1.29 is 13.9 Å². The standard InChI is InChI=1S/C21H23N3O3/c22-17-5-1-2-6-18(17)23-21(25)20-13-15-7-8-16(14-19(15)27-20)26-12-11-24-9-3-4-10-24/h1-2,5-8,13-14H,3-4,9-12,22H2,(H,23,25). The highest BCUT2D eigenvalue weighted by Crippen LogP contribution is 2.26. The van der Waals surface area contributed by atoms with Gasteiger partial charge in [0, 0.05) is 18.0 Å². The fourth-order valence-corrected chi connectivity index (χ4v) is 3.31. The Morgan fingerprint density at radius 1 is 1.15 bits per heavy atom. The number of furan rings is 1. The monoisotopic (exact) mass is 365 g/mol. The van der Waals surface area contributed by atoms with Gasteiger partial charge in [-0.05, 0) is 56.3 Å². The highest BCUT2D eigenvalue weighted by molar-refractivity contribution is 6.06. The summed E-state index contributed by atoms with van der Waals surface area (Å²) in [6, 6.07) is 14.5. The molecule has 1 aromatic heterocycles. The van der Waals surface area contributed by atoms with Gasteiger partial charge in [-0.3, -0.25) is 9.69 Å². The van der Waals surface area contributed by atoms with Crippen LogP contribution in [0.15, 0.2) is 52.9 Å². The number of amides is 1. The molecule has 6 heteroatoms. The molecule has 0 radical (unpaired) electrons. The van der Waals surface area contributed by atoms with E-state index in [2.05, 4.69) is 10.2 Å². The Labute approximate surface area is 157 Å². The second-order valence-electron chi connectivity index (χ2n) is 6.75. The van der Waals surface area contributed by atoms with Crippen molar-refractivity contribution in [2.45, 2.75) is 12.8 Å². The SMILES string of the molecule is Nc1ccccc1NC(=O)c1cc2ccc(OCCN3CCCC3)cc2o1. The van der Waals surface area contributed by atoms with Crippen LogP contribution in [-0.2, 0) is 0 Å². The first-order valence-electron chi connectivity index (χ1n) is 9.24. The molecule has 3 aromatic rings. The number of carbonyl (C=O) groups excluding carboxylic acids is 1. The molecule has 2 aromatic carbocycles. The summed E-state index contributed by atoms with van der Waals surface area (Å²) in [5, 5.41) is 3.63. The van der Waals surface area contributed by atoms with E-state index in [1.54, 1.807) is 18.2 Å². The Balaban J connectivity index is 1.42. The number of anilines is 2. The molecule has 0 spiro atoms. The minimum absolute atomic E-state index is 0.238. The summed E-state index contributed by atoms with van der Waals surface area (Å²) in [7, 11) is 0. The predicted octanol–water partition coefficient (Wildman–Crippen LogP) is 3.74. The molecule has 1 fully saturated rings. The number of likely N-dealkylation sites (tertiary alicyclic amines) is 1. The van der Waals surface area contributed by atoms with Crippen molar-refractivity contribution in [2.75, 3.05) is 37.3 Å². The van der Waals surface area contributed by atoms with Gasteiger partial charge in [0.25, 0.3) is 5.91 Å². The van der Waals surface area contributed by atoms with Crippen LogP contribution in [0.2, 0.25) is 0 Å². The second kappa shape index (κ2) is 7.72. The summed E-state index contributed by atoms with van der Waals surface area (Å²) in [5.74, 6) is 0.651. The average molecular weight is 365 g/mol. The number of benzene rings is 2. The van der Waals surface area contributed by atoms with Gasteiger partial charge in [-0.2, -0.15) is 0 Å². The molecule has 1 saturated heterocycles. The number of nitrogens with two attached hydrogens (primary N) is 1. The molecule has 0 unspecified atom stereocenters. The Morgan fingerprint density at radius 2 is 1.96 bits per heavy atom. The van der Waals surface area contributed by atoms with E-state index in [1.807, 2.05) is 30.3 Å². The first-order chi connectivity index (χ1) is 13.2. The summed E-state index contributed by atoms with van der Waals surface area (Å²) in [5.41, 5.74) is 7.57. The zero-order valence-electron chi connectivity index (χ0n) is 15.1. The molecule has 0 aliphatic carbocycles. The third-order valence-corrected chi connectivity index (χ3v) is 4.80. The van der Waals surface area contributed by atoms with Gasteiger partial charge < -0.3 is 20.2 Å². The van der Waals surface area contributed by atoms with Gasteiger partial charge in [-0.1, -0.05) is 12.1 Å². The Bertz CT molecular complexity index is 945. The first kappa shape index (κ1) is 17.4. The largest absolute Gasteiger partial charge is 0.492 e. The van der Waals surface area contributed by atoms with Crippen molar-refractivity contribution >= 4 is 28.3 Å². The summed E-state index contributed by atoms with van der Waals surface area (Å²) in [4.78, 5) is 14.8. The number of nitrogens with one attached hydrogen (secondary N) is 1. The van der Waals surface area contributed by atoms with Crippen LogP contribution in [-0.4, -0.2) is 37.0 Å². The maximum absolute atomic E-state index is 12.4. The van der Waals surface area contributed by atoms with Crippen molar-refractivity contribution in [1.82, 2.24) is 4.90 Å². The van der Waals surface area contributed by atoms with E-state index >= 15 is 0 Å². The maximum Gasteiger partial charge on any atom is 0.291 e. The third kappa shape index (κ3) is 4.06. The van der Waals surface area contributed by atoms with Crippen LogP contribution in [0.25, 0.3) is 11.0 Å². The second-order valence-corrected chi connectivity index (χ2v) is 6.75. The van der Waals surface area contributed by atoms with E-state index in [0.717, 1.165) is 30.8 Å². The molecule has 0 saturated carbocycles. The molecule has 2 heterocycles. The van der Waals surface area contributed by atoms with E-state index < -0.39 is 0 Å². The van der Waals surface area contributed by atoms with Gasteiger partial charge in [0.15, 0.2) is 5.76 Å². The lowest BCUT2D eigenvalue weighted by molar-refractivity contribution is 0.0998. The van der Waals surface area contributed by atoms with Crippen LogP contribution in [0.5, 0.6) is 5.75 Å². The van der Waals surface area contributed by atoms with Crippen molar-refractivity contribution in [3.05, 3.63) is 54.3 Å². The minimum Gasteiger partial charge on any atom is -0.492 e. The molecule has 140 valence electrons. The van der Waals surface area contributed by atoms with Gasteiger partial charge >= 0.3 is 0 Å². The van der Waals surface area contributed by atoms with Crippen LogP contribution in [0, 0.1) is 0 Å². The zero-order chi connectivity index (χ0) is 18.6. The molecule has 1 aliphatic rings. The normalized spacial score (nSPS) is 14.5. The number of hydrogen-bond acceptors (Lipinski definition) is 5. The van der Waals surface area contributed by atoms with Crippen molar-refractivity contribution in [3.8, 4) is 5.75 Å². The molecule has 1 amide bonds. The van der Waals surface area contributed by atoms with E-state index in [9.17, 15) is 4.79 Å². The van der Waals surface area contributed by atoms with E-state index in [4.69, 9.17) is 14.9 Å². The van der Waals surface area contributed by atoms with Crippen molar-refractivity contribution in [2.24, 2.45) is 0 Å². The number of ether oxygens (including phenoxy) is 1. The first-order valence-corrected chi connectivity index (χ1v) is 9.24. The average Bonchev–Trinajstić information content (AvgIpc) is 3.33. The van der Waals surface area contributed by atoms with Gasteiger partial charge in [0.1, 0.15) is 17.9 Å². The molecule has 4 rings (SSSR count). The predicted molar refractivity (Wildman–Crippen MR) is 106 cm³/mol. The zero-order valence-corrected chi connectivity index (χ0v) is 15.1. The van der Waals surface area contributed by atoms with E-state index in [-0.39, 0.29) is 11.7 Å². The lowest BCUT2D eigenvalue weighted by Gasteiger charge is -2.14. The summed E-state index contributed by atoms with van der Waals surface area (Å²) >= 11 is 0. The fraction of sp³-hybridized carbons (Fsp3) is 0.286. The van der Waals surface area contributed by atoms with Crippen LogP contribution < -0.4 is 15.8 Å². The Kier molecular flexibility index (Phi) is 4.98. The fourth-order valence-electron chi connectivity index (χ4n) is 3.31.